The van der Waals surface area contributed by atoms with Crippen molar-refractivity contribution in [2.75, 3.05) is 11.9 Å². The average molecular weight is 495 g/mol. The van der Waals surface area contributed by atoms with E-state index in [-0.39, 0.29) is 36.4 Å². The van der Waals surface area contributed by atoms with E-state index < -0.39 is 28.5 Å². The zero-order chi connectivity index (χ0) is 24.3. The van der Waals surface area contributed by atoms with Crippen molar-refractivity contribution < 1.29 is 26.9 Å². The molecule has 0 bridgehead atoms. The summed E-state index contributed by atoms with van der Waals surface area (Å²) in [7, 11) is 0. The minimum atomic E-state index is -3.49. The highest BCUT2D eigenvalue weighted by atomic mass is 32.3. The molecule has 5 N–H and O–H groups in total. The number of benzene rings is 1. The van der Waals surface area contributed by atoms with Crippen LogP contribution >= 0.6 is 11.1 Å². The maximum atomic E-state index is 13.4. The molecule has 1 aliphatic carbocycles. The van der Waals surface area contributed by atoms with E-state index in [0.717, 1.165) is 18.9 Å². The quantitative estimate of drug-likeness (QED) is 0.329. The molecule has 1 aromatic carbocycles. The van der Waals surface area contributed by atoms with E-state index in [9.17, 15) is 22.7 Å². The zero-order valence-corrected chi connectivity index (χ0v) is 18.8. The summed E-state index contributed by atoms with van der Waals surface area (Å²) in [5.74, 6) is -1.34. The van der Waals surface area contributed by atoms with Gasteiger partial charge in [0.25, 0.3) is 0 Å². The van der Waals surface area contributed by atoms with Crippen LogP contribution in [0.25, 0.3) is 0 Å². The number of nitrogens with one attached hydrogen (secondary N) is 1. The van der Waals surface area contributed by atoms with Crippen LogP contribution in [0.1, 0.15) is 40.9 Å². The van der Waals surface area contributed by atoms with Crippen LogP contribution < -0.4 is 10.5 Å². The molecule has 2 atom stereocenters. The third-order valence-electron chi connectivity index (χ3n) is 5.46. The Morgan fingerprint density at radius 2 is 2.03 bits per heavy atom. The van der Waals surface area contributed by atoms with E-state index in [1.165, 1.54) is 35.4 Å². The van der Waals surface area contributed by atoms with Crippen molar-refractivity contribution in [2.45, 2.75) is 31.8 Å². The molecular formula is C21H24F2N6O4S. The summed E-state index contributed by atoms with van der Waals surface area (Å²) in [6.07, 6.45) is 6.51. The molecule has 1 saturated carbocycles. The van der Waals surface area contributed by atoms with Gasteiger partial charge in [0, 0.05) is 24.5 Å². The Balaban J connectivity index is 1.42. The number of anilines is 1. The normalized spacial score (nSPS) is 18.7. The molecule has 3 aromatic rings. The molecule has 2 unspecified atom stereocenters. The van der Waals surface area contributed by atoms with Gasteiger partial charge in [-0.2, -0.15) is 5.10 Å². The molecule has 1 fully saturated rings. The number of hydrogen-bond acceptors (Lipinski definition) is 9. The molecule has 182 valence electrons. The summed E-state index contributed by atoms with van der Waals surface area (Å²) in [6, 6.07) is 4.71. The third-order valence-corrected chi connectivity index (χ3v) is 5.94. The van der Waals surface area contributed by atoms with Crippen LogP contribution in [0.4, 0.5) is 14.6 Å². The van der Waals surface area contributed by atoms with Crippen LogP contribution in [0.15, 0.2) is 43.0 Å². The number of hydrogen-bond donors (Lipinski definition) is 4. The van der Waals surface area contributed by atoms with Crippen molar-refractivity contribution in [3.05, 3.63) is 71.4 Å². The lowest BCUT2D eigenvalue weighted by molar-refractivity contribution is 0.103. The van der Waals surface area contributed by atoms with E-state index in [2.05, 4.69) is 20.4 Å². The molecule has 13 heteroatoms. The van der Waals surface area contributed by atoms with Crippen LogP contribution in [0, 0.1) is 17.6 Å². The standard InChI is InChI=1S/C21H24F2N6O4S/c22-15-5-14(6-16(23)8-15)10-29-4-3-19(28-29)20(30)18-9-25-12-26-21(18)27-17-2-1-13(7-17)11-33-34(24,31)32/h3-6,8-9,12-13,17,31-32H,1-2,7,10-11,24H2,(H,25,26,27). The second-order valence-electron chi connectivity index (χ2n) is 8.13. The molecule has 4 rings (SSSR count). The fourth-order valence-electron chi connectivity index (χ4n) is 3.96. The second-order valence-corrected chi connectivity index (χ2v) is 9.44. The highest BCUT2D eigenvalue weighted by Gasteiger charge is 2.28. The number of carbonyl (C=O) groups is 1. The van der Waals surface area contributed by atoms with Gasteiger partial charge in [-0.15, -0.1) is 0 Å². The Morgan fingerprint density at radius 1 is 1.26 bits per heavy atom. The van der Waals surface area contributed by atoms with E-state index in [0.29, 0.717) is 17.8 Å². The number of ketones is 1. The molecule has 0 aliphatic heterocycles. The summed E-state index contributed by atoms with van der Waals surface area (Å²) < 4.78 is 51.6. The lowest BCUT2D eigenvalue weighted by Gasteiger charge is -2.22. The molecule has 1 aliphatic rings. The lowest BCUT2D eigenvalue weighted by atomic mass is 10.1. The monoisotopic (exact) mass is 494 g/mol. The van der Waals surface area contributed by atoms with Gasteiger partial charge in [0.1, 0.15) is 29.5 Å². The van der Waals surface area contributed by atoms with Gasteiger partial charge in [-0.1, -0.05) is 0 Å². The molecular weight excluding hydrogens is 470 g/mol. The molecule has 2 heterocycles. The Labute approximate surface area is 195 Å². The summed E-state index contributed by atoms with van der Waals surface area (Å²) >= 11 is -3.49. The molecule has 0 spiro atoms. The summed E-state index contributed by atoms with van der Waals surface area (Å²) in [6.45, 7) is 0.219. The predicted octanol–water partition coefficient (Wildman–Crippen LogP) is 3.37. The van der Waals surface area contributed by atoms with E-state index in [4.69, 9.17) is 9.32 Å². The Morgan fingerprint density at radius 3 is 2.76 bits per heavy atom. The van der Waals surface area contributed by atoms with Crippen LogP contribution in [0.2, 0.25) is 0 Å². The fourth-order valence-corrected chi connectivity index (χ4v) is 4.35. The van der Waals surface area contributed by atoms with Crippen molar-refractivity contribution in [2.24, 2.45) is 11.1 Å². The van der Waals surface area contributed by atoms with Crippen molar-refractivity contribution in [1.29, 1.82) is 0 Å². The van der Waals surface area contributed by atoms with Crippen molar-refractivity contribution >= 4 is 22.7 Å². The summed E-state index contributed by atoms with van der Waals surface area (Å²) in [5.41, 5.74) is 0.751. The predicted molar refractivity (Wildman–Crippen MR) is 121 cm³/mol. The van der Waals surface area contributed by atoms with Crippen molar-refractivity contribution in [1.82, 2.24) is 19.7 Å². The van der Waals surface area contributed by atoms with Crippen molar-refractivity contribution in [3.63, 3.8) is 0 Å². The number of nitrogens with zero attached hydrogens (tertiary/aromatic N) is 4. The first kappa shape index (κ1) is 24.2. The van der Waals surface area contributed by atoms with Gasteiger partial charge in [-0.3, -0.25) is 22.8 Å². The molecule has 10 nitrogen and oxygen atoms in total. The molecule has 0 radical (unpaired) electrons. The minimum Gasteiger partial charge on any atom is -0.367 e. The lowest BCUT2D eigenvalue weighted by Crippen LogP contribution is -2.21. The number of carbonyl (C=O) groups excluding carboxylic acids is 1. The van der Waals surface area contributed by atoms with E-state index in [1.807, 2.05) is 0 Å². The molecule has 0 amide bonds. The van der Waals surface area contributed by atoms with Crippen molar-refractivity contribution in [3.8, 4) is 0 Å². The largest absolute Gasteiger partial charge is 0.367 e. The topological polar surface area (TPSA) is 148 Å². The Bertz CT molecular complexity index is 1150. The average Bonchev–Trinajstić information content (AvgIpc) is 3.40. The van der Waals surface area contributed by atoms with Gasteiger partial charge >= 0.3 is 0 Å². The number of aromatic nitrogens is 4. The van der Waals surface area contributed by atoms with E-state index in [1.54, 1.807) is 6.20 Å². The third kappa shape index (κ3) is 6.33. The van der Waals surface area contributed by atoms with Gasteiger partial charge in [-0.05, 0) is 48.9 Å². The fraction of sp³-hybridized carbons (Fsp3) is 0.333. The highest BCUT2D eigenvalue weighted by Crippen LogP contribution is 2.35. The van der Waals surface area contributed by atoms with Crippen LogP contribution in [-0.4, -0.2) is 47.3 Å². The van der Waals surface area contributed by atoms with Crippen LogP contribution in [0.5, 0.6) is 0 Å². The number of halogens is 2. The smallest absolute Gasteiger partial charge is 0.218 e. The van der Waals surface area contributed by atoms with Gasteiger partial charge < -0.3 is 5.32 Å². The molecule has 34 heavy (non-hydrogen) atoms. The minimum absolute atomic E-state index is 0.00459. The van der Waals surface area contributed by atoms with Gasteiger partial charge in [0.05, 0.1) is 18.7 Å². The van der Waals surface area contributed by atoms with Crippen LogP contribution in [0.3, 0.4) is 0 Å². The summed E-state index contributed by atoms with van der Waals surface area (Å²) in [5, 5.41) is 12.6. The molecule has 2 aromatic heterocycles. The van der Waals surface area contributed by atoms with Crippen LogP contribution in [-0.2, 0) is 10.7 Å². The highest BCUT2D eigenvalue weighted by molar-refractivity contribution is 8.18. The SMILES string of the molecule is NS(O)(O)OCC1CCC(Nc2ncncc2C(=O)c2ccn(Cc3cc(F)cc(F)c3)n2)C1. The van der Waals surface area contributed by atoms with E-state index >= 15 is 0 Å². The first-order valence-electron chi connectivity index (χ1n) is 10.5. The Hall–Kier alpha value is -2.97. The van der Waals surface area contributed by atoms with Gasteiger partial charge in [-0.25, -0.2) is 23.9 Å². The Kier molecular flexibility index (Phi) is 7.19. The number of rotatable bonds is 9. The maximum Gasteiger partial charge on any atom is 0.218 e. The first-order chi connectivity index (χ1) is 16.2. The van der Waals surface area contributed by atoms with Gasteiger partial charge in [0.2, 0.25) is 5.78 Å². The zero-order valence-electron chi connectivity index (χ0n) is 18.0. The maximum absolute atomic E-state index is 13.4. The first-order valence-corrected chi connectivity index (χ1v) is 12.0. The second kappa shape index (κ2) is 10.1. The summed E-state index contributed by atoms with van der Waals surface area (Å²) in [4.78, 5) is 21.2. The van der Waals surface area contributed by atoms with Gasteiger partial charge in [0.15, 0.2) is 11.1 Å². The number of nitrogens with two attached hydrogens (primary N) is 1. The molecule has 0 saturated heterocycles.